The minimum atomic E-state index is 0.732. The van der Waals surface area contributed by atoms with Gasteiger partial charge >= 0.3 is 0 Å². The zero-order valence-corrected chi connectivity index (χ0v) is 7.49. The Hall–Kier alpha value is -0.760. The highest BCUT2D eigenvalue weighted by Gasteiger charge is 2.15. The molecule has 2 nitrogen and oxygen atoms in total. The quantitative estimate of drug-likeness (QED) is 0.652. The maximum atomic E-state index is 5.33. The summed E-state index contributed by atoms with van der Waals surface area (Å²) in [5.74, 6) is 0.732. The van der Waals surface area contributed by atoms with Crippen LogP contribution in [0.15, 0.2) is 18.3 Å². The number of aromatic nitrogens is 1. The standard InChI is InChI=1S/C10H15NO/c1-9-3-2-5-11(9)7-10-4-6-12-8-10/h2-3,5,10H,4,6-8H2,1H3. The normalized spacial score (nSPS) is 23.2. The fourth-order valence-corrected chi connectivity index (χ4v) is 1.71. The first kappa shape index (κ1) is 7.87. The summed E-state index contributed by atoms with van der Waals surface area (Å²) in [4.78, 5) is 0. The van der Waals surface area contributed by atoms with Crippen LogP contribution in [0.2, 0.25) is 0 Å². The van der Waals surface area contributed by atoms with Crippen molar-refractivity contribution in [2.45, 2.75) is 19.9 Å². The van der Waals surface area contributed by atoms with Crippen LogP contribution in [0.4, 0.5) is 0 Å². The summed E-state index contributed by atoms with van der Waals surface area (Å²) < 4.78 is 7.64. The van der Waals surface area contributed by atoms with Gasteiger partial charge in [-0.05, 0) is 25.5 Å². The van der Waals surface area contributed by atoms with Gasteiger partial charge in [0, 0.05) is 31.0 Å². The van der Waals surface area contributed by atoms with Crippen molar-refractivity contribution in [1.82, 2.24) is 4.57 Å². The van der Waals surface area contributed by atoms with Crippen LogP contribution in [0.1, 0.15) is 12.1 Å². The van der Waals surface area contributed by atoms with Crippen LogP contribution in [0.5, 0.6) is 0 Å². The number of aryl methyl sites for hydroxylation is 1. The molecule has 0 spiro atoms. The first-order valence-corrected chi connectivity index (χ1v) is 4.56. The Morgan fingerprint density at radius 2 is 2.58 bits per heavy atom. The van der Waals surface area contributed by atoms with Crippen molar-refractivity contribution in [3.8, 4) is 0 Å². The van der Waals surface area contributed by atoms with E-state index in [1.54, 1.807) is 0 Å². The Bertz CT molecular complexity index is 248. The zero-order chi connectivity index (χ0) is 8.39. The van der Waals surface area contributed by atoms with Gasteiger partial charge in [0.2, 0.25) is 0 Å². The molecule has 1 unspecified atom stereocenters. The van der Waals surface area contributed by atoms with E-state index in [1.807, 2.05) is 0 Å². The Labute approximate surface area is 73.1 Å². The third-order valence-electron chi connectivity index (χ3n) is 2.54. The SMILES string of the molecule is Cc1cccn1CC1CCOC1. The van der Waals surface area contributed by atoms with E-state index in [4.69, 9.17) is 4.74 Å². The summed E-state index contributed by atoms with van der Waals surface area (Å²) in [6.07, 6.45) is 3.37. The highest BCUT2D eigenvalue weighted by molar-refractivity contribution is 5.04. The van der Waals surface area contributed by atoms with E-state index in [1.165, 1.54) is 12.1 Å². The van der Waals surface area contributed by atoms with Gasteiger partial charge < -0.3 is 9.30 Å². The summed E-state index contributed by atoms with van der Waals surface area (Å²) in [7, 11) is 0. The second kappa shape index (κ2) is 3.31. The molecule has 0 radical (unpaired) electrons. The minimum absolute atomic E-state index is 0.732. The molecule has 1 fully saturated rings. The minimum Gasteiger partial charge on any atom is -0.381 e. The molecule has 0 amide bonds. The lowest BCUT2D eigenvalue weighted by atomic mass is 10.1. The molecule has 0 bridgehead atoms. The lowest BCUT2D eigenvalue weighted by molar-refractivity contribution is 0.182. The van der Waals surface area contributed by atoms with E-state index in [0.717, 1.165) is 25.7 Å². The number of hydrogen-bond acceptors (Lipinski definition) is 1. The number of nitrogens with zero attached hydrogens (tertiary/aromatic N) is 1. The van der Waals surface area contributed by atoms with Gasteiger partial charge in [0.1, 0.15) is 0 Å². The number of hydrogen-bond donors (Lipinski definition) is 0. The van der Waals surface area contributed by atoms with E-state index in [2.05, 4.69) is 29.8 Å². The molecule has 0 N–H and O–H groups in total. The molecule has 2 rings (SSSR count). The van der Waals surface area contributed by atoms with Gasteiger partial charge in [0.15, 0.2) is 0 Å². The van der Waals surface area contributed by atoms with Crippen LogP contribution < -0.4 is 0 Å². The van der Waals surface area contributed by atoms with Gasteiger partial charge in [0.25, 0.3) is 0 Å². The van der Waals surface area contributed by atoms with Crippen LogP contribution in [0.3, 0.4) is 0 Å². The van der Waals surface area contributed by atoms with Crippen LogP contribution in [-0.2, 0) is 11.3 Å². The predicted molar refractivity (Wildman–Crippen MR) is 48.1 cm³/mol. The summed E-state index contributed by atoms with van der Waals surface area (Å²) >= 11 is 0. The summed E-state index contributed by atoms with van der Waals surface area (Å²) in [6.45, 7) is 5.16. The van der Waals surface area contributed by atoms with E-state index in [0.29, 0.717) is 0 Å². The largest absolute Gasteiger partial charge is 0.381 e. The van der Waals surface area contributed by atoms with Gasteiger partial charge in [-0.1, -0.05) is 0 Å². The van der Waals surface area contributed by atoms with E-state index in [9.17, 15) is 0 Å². The van der Waals surface area contributed by atoms with Crippen molar-refractivity contribution >= 4 is 0 Å². The lowest BCUT2D eigenvalue weighted by Crippen LogP contribution is -2.10. The fraction of sp³-hybridized carbons (Fsp3) is 0.600. The van der Waals surface area contributed by atoms with Crippen molar-refractivity contribution in [2.24, 2.45) is 5.92 Å². The van der Waals surface area contributed by atoms with Crippen LogP contribution in [0.25, 0.3) is 0 Å². The molecule has 0 saturated carbocycles. The maximum Gasteiger partial charge on any atom is 0.0512 e. The van der Waals surface area contributed by atoms with Gasteiger partial charge in [0.05, 0.1) is 6.61 Å². The average Bonchev–Trinajstić information content (AvgIpc) is 2.65. The van der Waals surface area contributed by atoms with Crippen LogP contribution in [0, 0.1) is 12.8 Å². The van der Waals surface area contributed by atoms with Gasteiger partial charge in [-0.2, -0.15) is 0 Å². The molecule has 1 aromatic rings. The predicted octanol–water partition coefficient (Wildman–Crippen LogP) is 1.83. The Morgan fingerprint density at radius 3 is 3.17 bits per heavy atom. The smallest absolute Gasteiger partial charge is 0.0512 e. The molecule has 1 saturated heterocycles. The average molecular weight is 165 g/mol. The van der Waals surface area contributed by atoms with Gasteiger partial charge in [-0.25, -0.2) is 0 Å². The van der Waals surface area contributed by atoms with Gasteiger partial charge in [-0.3, -0.25) is 0 Å². The molecular weight excluding hydrogens is 150 g/mol. The molecule has 1 aliphatic heterocycles. The third kappa shape index (κ3) is 1.53. The second-order valence-electron chi connectivity index (χ2n) is 3.53. The van der Waals surface area contributed by atoms with Crippen molar-refractivity contribution in [1.29, 1.82) is 0 Å². The monoisotopic (exact) mass is 165 g/mol. The summed E-state index contributed by atoms with van der Waals surface area (Å²) in [6, 6.07) is 4.25. The molecule has 0 aliphatic carbocycles. The van der Waals surface area contributed by atoms with Crippen molar-refractivity contribution in [3.63, 3.8) is 0 Å². The zero-order valence-electron chi connectivity index (χ0n) is 7.49. The third-order valence-corrected chi connectivity index (χ3v) is 2.54. The Morgan fingerprint density at radius 1 is 1.67 bits per heavy atom. The number of rotatable bonds is 2. The fourth-order valence-electron chi connectivity index (χ4n) is 1.71. The maximum absolute atomic E-state index is 5.33. The summed E-state index contributed by atoms with van der Waals surface area (Å²) in [5.41, 5.74) is 1.35. The number of ether oxygens (including phenoxy) is 1. The molecule has 1 aromatic heterocycles. The molecule has 2 heteroatoms. The molecular formula is C10H15NO. The van der Waals surface area contributed by atoms with Crippen LogP contribution >= 0.6 is 0 Å². The Kier molecular flexibility index (Phi) is 2.17. The lowest BCUT2D eigenvalue weighted by Gasteiger charge is -2.10. The molecule has 1 atom stereocenters. The van der Waals surface area contributed by atoms with Gasteiger partial charge in [-0.15, -0.1) is 0 Å². The molecule has 12 heavy (non-hydrogen) atoms. The first-order chi connectivity index (χ1) is 5.86. The topological polar surface area (TPSA) is 14.2 Å². The molecule has 1 aliphatic rings. The molecule has 0 aromatic carbocycles. The van der Waals surface area contributed by atoms with E-state index >= 15 is 0 Å². The van der Waals surface area contributed by atoms with E-state index < -0.39 is 0 Å². The van der Waals surface area contributed by atoms with Crippen LogP contribution in [-0.4, -0.2) is 17.8 Å². The molecule has 2 heterocycles. The second-order valence-corrected chi connectivity index (χ2v) is 3.53. The highest BCUT2D eigenvalue weighted by atomic mass is 16.5. The van der Waals surface area contributed by atoms with Crippen molar-refractivity contribution in [3.05, 3.63) is 24.0 Å². The van der Waals surface area contributed by atoms with Crippen molar-refractivity contribution < 1.29 is 4.74 Å². The Balaban J connectivity index is 1.98. The first-order valence-electron chi connectivity index (χ1n) is 4.56. The summed E-state index contributed by atoms with van der Waals surface area (Å²) in [5, 5.41) is 0. The van der Waals surface area contributed by atoms with Crippen molar-refractivity contribution in [2.75, 3.05) is 13.2 Å². The molecule has 66 valence electrons. The van der Waals surface area contributed by atoms with E-state index in [-0.39, 0.29) is 0 Å². The highest BCUT2D eigenvalue weighted by Crippen LogP contribution is 2.15.